The summed E-state index contributed by atoms with van der Waals surface area (Å²) in [5, 5.41) is 3.37. The summed E-state index contributed by atoms with van der Waals surface area (Å²) in [6.45, 7) is 0.681. The van der Waals surface area contributed by atoms with Crippen LogP contribution in [0.25, 0.3) is 0 Å². The molecule has 0 aliphatic rings. The molecular weight excluding hydrogens is 458 g/mol. The van der Waals surface area contributed by atoms with Crippen LogP contribution in [0.3, 0.4) is 0 Å². The molecule has 0 heterocycles. The standard InChI is InChI=1S/C22H19BrClNO4/c23-20-13-16(24)9-10-21(20)29-15-22(26)25-17-5-4-8-19(14-17)28-12-11-27-18-6-2-1-3-7-18/h1-10,13-14H,11-12,15H2,(H,25,26). The van der Waals surface area contributed by atoms with E-state index in [4.69, 9.17) is 25.8 Å². The van der Waals surface area contributed by atoms with Crippen LogP contribution in [-0.2, 0) is 4.79 Å². The molecule has 7 heteroatoms. The minimum atomic E-state index is -0.281. The van der Waals surface area contributed by atoms with Gasteiger partial charge in [-0.15, -0.1) is 0 Å². The number of carbonyl (C=O) groups excluding carboxylic acids is 1. The average Bonchev–Trinajstić information content (AvgIpc) is 2.72. The smallest absolute Gasteiger partial charge is 0.262 e. The van der Waals surface area contributed by atoms with Crippen molar-refractivity contribution < 1.29 is 19.0 Å². The van der Waals surface area contributed by atoms with Crippen molar-refractivity contribution in [1.82, 2.24) is 0 Å². The molecule has 3 aromatic rings. The van der Waals surface area contributed by atoms with E-state index in [1.54, 1.807) is 36.4 Å². The molecule has 1 N–H and O–H groups in total. The van der Waals surface area contributed by atoms with E-state index in [0.717, 1.165) is 5.75 Å². The highest BCUT2D eigenvalue weighted by Crippen LogP contribution is 2.28. The van der Waals surface area contributed by atoms with Crippen molar-refractivity contribution in [3.63, 3.8) is 0 Å². The molecule has 0 bridgehead atoms. The molecule has 0 radical (unpaired) electrons. The van der Waals surface area contributed by atoms with Crippen molar-refractivity contribution >= 4 is 39.1 Å². The van der Waals surface area contributed by atoms with Crippen LogP contribution in [0, 0.1) is 0 Å². The van der Waals surface area contributed by atoms with Crippen LogP contribution in [-0.4, -0.2) is 25.7 Å². The number of amides is 1. The van der Waals surface area contributed by atoms with Crippen molar-refractivity contribution in [2.75, 3.05) is 25.1 Å². The maximum atomic E-state index is 12.2. The molecule has 150 valence electrons. The van der Waals surface area contributed by atoms with Gasteiger partial charge in [0.2, 0.25) is 0 Å². The monoisotopic (exact) mass is 475 g/mol. The number of anilines is 1. The van der Waals surface area contributed by atoms with Crippen molar-refractivity contribution in [2.45, 2.75) is 0 Å². The van der Waals surface area contributed by atoms with Crippen molar-refractivity contribution in [2.24, 2.45) is 0 Å². The molecule has 0 saturated heterocycles. The second-order valence-corrected chi connectivity index (χ2v) is 7.24. The minimum Gasteiger partial charge on any atom is -0.490 e. The molecule has 3 rings (SSSR count). The fourth-order valence-corrected chi connectivity index (χ4v) is 3.23. The Labute approximate surface area is 182 Å². The lowest BCUT2D eigenvalue weighted by Gasteiger charge is -2.11. The Morgan fingerprint density at radius 2 is 1.59 bits per heavy atom. The molecule has 0 unspecified atom stereocenters. The summed E-state index contributed by atoms with van der Waals surface area (Å²) in [5.41, 5.74) is 0.621. The highest BCUT2D eigenvalue weighted by Gasteiger charge is 2.07. The SMILES string of the molecule is O=C(COc1ccc(Cl)cc1Br)Nc1cccc(OCCOc2ccccc2)c1. The summed E-state index contributed by atoms with van der Waals surface area (Å²) >= 11 is 9.24. The van der Waals surface area contributed by atoms with E-state index >= 15 is 0 Å². The molecule has 5 nitrogen and oxygen atoms in total. The van der Waals surface area contributed by atoms with Gasteiger partial charge in [-0.3, -0.25) is 4.79 Å². The first-order chi connectivity index (χ1) is 14.1. The van der Waals surface area contributed by atoms with Gasteiger partial charge in [0.25, 0.3) is 5.91 Å². The molecular formula is C22H19BrClNO4. The van der Waals surface area contributed by atoms with E-state index in [9.17, 15) is 4.79 Å². The Balaban J connectivity index is 1.44. The third-order valence-corrected chi connectivity index (χ3v) is 4.59. The van der Waals surface area contributed by atoms with Crippen LogP contribution in [0.4, 0.5) is 5.69 Å². The highest BCUT2D eigenvalue weighted by molar-refractivity contribution is 9.10. The van der Waals surface area contributed by atoms with Gasteiger partial charge in [0.15, 0.2) is 6.61 Å². The predicted octanol–water partition coefficient (Wildman–Crippen LogP) is 5.58. The first kappa shape index (κ1) is 21.0. The zero-order chi connectivity index (χ0) is 20.5. The number of halogens is 2. The van der Waals surface area contributed by atoms with E-state index in [1.165, 1.54) is 0 Å². The van der Waals surface area contributed by atoms with Crippen LogP contribution in [0.2, 0.25) is 5.02 Å². The summed E-state index contributed by atoms with van der Waals surface area (Å²) in [6.07, 6.45) is 0. The topological polar surface area (TPSA) is 56.8 Å². The molecule has 3 aromatic carbocycles. The number of nitrogens with one attached hydrogen (secondary N) is 1. The van der Waals surface area contributed by atoms with Crippen LogP contribution in [0.1, 0.15) is 0 Å². The summed E-state index contributed by atoms with van der Waals surface area (Å²) < 4.78 is 17.5. The van der Waals surface area contributed by atoms with E-state index in [-0.39, 0.29) is 12.5 Å². The largest absolute Gasteiger partial charge is 0.490 e. The number of hydrogen-bond donors (Lipinski definition) is 1. The maximum absolute atomic E-state index is 12.2. The van der Waals surface area contributed by atoms with Gasteiger partial charge in [-0.2, -0.15) is 0 Å². The quantitative estimate of drug-likeness (QED) is 0.410. The van der Waals surface area contributed by atoms with Crippen LogP contribution < -0.4 is 19.5 Å². The van der Waals surface area contributed by atoms with Gasteiger partial charge in [-0.25, -0.2) is 0 Å². The summed E-state index contributed by atoms with van der Waals surface area (Å²) in [6, 6.07) is 21.8. The van der Waals surface area contributed by atoms with Gasteiger partial charge in [0.1, 0.15) is 30.5 Å². The summed E-state index contributed by atoms with van der Waals surface area (Å²) in [4.78, 5) is 12.2. The van der Waals surface area contributed by atoms with Crippen molar-refractivity contribution in [1.29, 1.82) is 0 Å². The third-order valence-electron chi connectivity index (χ3n) is 3.73. The van der Waals surface area contributed by atoms with Gasteiger partial charge < -0.3 is 19.5 Å². The maximum Gasteiger partial charge on any atom is 0.262 e. The molecule has 1 amide bonds. The molecule has 0 fully saturated rings. The number of benzene rings is 3. The van der Waals surface area contributed by atoms with Gasteiger partial charge >= 0.3 is 0 Å². The average molecular weight is 477 g/mol. The van der Waals surface area contributed by atoms with Gasteiger partial charge in [0, 0.05) is 16.8 Å². The van der Waals surface area contributed by atoms with E-state index in [0.29, 0.717) is 39.9 Å². The van der Waals surface area contributed by atoms with Gasteiger partial charge in [-0.1, -0.05) is 35.9 Å². The van der Waals surface area contributed by atoms with Crippen LogP contribution in [0.15, 0.2) is 77.3 Å². The van der Waals surface area contributed by atoms with Crippen molar-refractivity contribution in [3.8, 4) is 17.2 Å². The number of carbonyl (C=O) groups is 1. The molecule has 0 saturated carbocycles. The molecule has 29 heavy (non-hydrogen) atoms. The number of hydrogen-bond acceptors (Lipinski definition) is 4. The molecule has 0 aromatic heterocycles. The Morgan fingerprint density at radius 1 is 0.862 bits per heavy atom. The number of rotatable bonds is 9. The first-order valence-electron chi connectivity index (χ1n) is 8.88. The van der Waals surface area contributed by atoms with Gasteiger partial charge in [0.05, 0.1) is 4.47 Å². The zero-order valence-electron chi connectivity index (χ0n) is 15.4. The lowest BCUT2D eigenvalue weighted by atomic mass is 10.3. The predicted molar refractivity (Wildman–Crippen MR) is 117 cm³/mol. The minimum absolute atomic E-state index is 0.129. The van der Waals surface area contributed by atoms with Crippen LogP contribution in [0.5, 0.6) is 17.2 Å². The Kier molecular flexibility index (Phi) is 7.78. The third kappa shape index (κ3) is 7.00. The highest BCUT2D eigenvalue weighted by atomic mass is 79.9. The van der Waals surface area contributed by atoms with Crippen LogP contribution >= 0.6 is 27.5 Å². The van der Waals surface area contributed by atoms with E-state index in [1.807, 2.05) is 36.4 Å². The van der Waals surface area contributed by atoms with E-state index < -0.39 is 0 Å². The lowest BCUT2D eigenvalue weighted by Crippen LogP contribution is -2.20. The van der Waals surface area contributed by atoms with Gasteiger partial charge in [-0.05, 0) is 58.4 Å². The Morgan fingerprint density at radius 3 is 2.34 bits per heavy atom. The summed E-state index contributed by atoms with van der Waals surface area (Å²) in [7, 11) is 0. The second kappa shape index (κ2) is 10.7. The Bertz CT molecular complexity index is 953. The van der Waals surface area contributed by atoms with E-state index in [2.05, 4.69) is 21.2 Å². The number of para-hydroxylation sites is 1. The summed E-state index contributed by atoms with van der Waals surface area (Å²) in [5.74, 6) is 1.70. The normalized spacial score (nSPS) is 10.3. The molecule has 0 aliphatic heterocycles. The zero-order valence-corrected chi connectivity index (χ0v) is 17.8. The lowest BCUT2D eigenvalue weighted by molar-refractivity contribution is -0.118. The second-order valence-electron chi connectivity index (χ2n) is 5.95. The molecule has 0 aliphatic carbocycles. The fourth-order valence-electron chi connectivity index (χ4n) is 2.43. The van der Waals surface area contributed by atoms with Crippen molar-refractivity contribution in [3.05, 3.63) is 82.3 Å². The Hall–Kier alpha value is -2.70. The first-order valence-corrected chi connectivity index (χ1v) is 10.1. The molecule has 0 atom stereocenters. The fraction of sp³-hybridized carbons (Fsp3) is 0.136. The number of ether oxygens (including phenoxy) is 3. The molecule has 0 spiro atoms.